The van der Waals surface area contributed by atoms with Gasteiger partial charge in [-0.2, -0.15) is 0 Å². The molecule has 13 heavy (non-hydrogen) atoms. The number of ether oxygens (including phenoxy) is 1. The van der Waals surface area contributed by atoms with E-state index in [4.69, 9.17) is 4.74 Å². The number of hydrogen-bond donors (Lipinski definition) is 0. The monoisotopic (exact) mass is 181 g/mol. The highest BCUT2D eigenvalue weighted by Crippen LogP contribution is 2.46. The van der Waals surface area contributed by atoms with Crippen LogP contribution >= 0.6 is 0 Å². The molecule has 0 radical (unpaired) electrons. The molecule has 2 rings (SSSR count). The normalized spacial score (nSPS) is 27.5. The van der Waals surface area contributed by atoms with Gasteiger partial charge in [0, 0.05) is 6.04 Å². The lowest BCUT2D eigenvalue weighted by Crippen LogP contribution is -2.50. The van der Waals surface area contributed by atoms with Crippen LogP contribution in [-0.4, -0.2) is 30.6 Å². The van der Waals surface area contributed by atoms with Crippen molar-refractivity contribution in [2.75, 3.05) is 19.7 Å². The fourth-order valence-electron chi connectivity index (χ4n) is 2.27. The van der Waals surface area contributed by atoms with E-state index in [9.17, 15) is 0 Å². The van der Waals surface area contributed by atoms with E-state index in [0.29, 0.717) is 11.5 Å². The quantitative estimate of drug-likeness (QED) is 0.613. The van der Waals surface area contributed by atoms with Crippen molar-refractivity contribution in [3.8, 4) is 0 Å². The van der Waals surface area contributed by atoms with E-state index in [1.165, 1.54) is 25.9 Å². The molecule has 0 saturated carbocycles. The first-order valence-corrected chi connectivity index (χ1v) is 5.20. The molecule has 0 aromatic carbocycles. The first-order chi connectivity index (χ1) is 6.14. The fraction of sp³-hybridized carbons (Fsp3) is 0.818. The van der Waals surface area contributed by atoms with E-state index in [1.807, 2.05) is 0 Å². The summed E-state index contributed by atoms with van der Waals surface area (Å²) in [4.78, 5) is 2.54. The summed E-state index contributed by atoms with van der Waals surface area (Å²) in [6.45, 7) is 11.8. The van der Waals surface area contributed by atoms with Crippen LogP contribution in [0, 0.1) is 5.41 Å². The molecule has 2 fully saturated rings. The molecule has 0 aromatic rings. The molecule has 2 aliphatic heterocycles. The molecule has 0 aliphatic carbocycles. The van der Waals surface area contributed by atoms with Crippen LogP contribution in [0.15, 0.2) is 12.3 Å². The number of rotatable bonds is 1. The molecule has 1 spiro atoms. The van der Waals surface area contributed by atoms with Crippen molar-refractivity contribution < 1.29 is 4.74 Å². The summed E-state index contributed by atoms with van der Waals surface area (Å²) in [5, 5.41) is 0. The number of nitrogens with zero attached hydrogens (tertiary/aromatic N) is 1. The Hall–Kier alpha value is -0.500. The zero-order valence-electron chi connectivity index (χ0n) is 8.68. The highest BCUT2D eigenvalue weighted by atomic mass is 16.5. The maximum absolute atomic E-state index is 5.31. The van der Waals surface area contributed by atoms with Crippen molar-refractivity contribution >= 4 is 0 Å². The Morgan fingerprint density at radius 2 is 2.00 bits per heavy atom. The molecule has 0 aromatic heterocycles. The molecular formula is C11H19NO. The second kappa shape index (κ2) is 3.02. The van der Waals surface area contributed by atoms with E-state index in [1.54, 1.807) is 0 Å². The van der Waals surface area contributed by atoms with Crippen LogP contribution < -0.4 is 0 Å². The third-order valence-corrected chi connectivity index (χ3v) is 3.60. The second-order valence-electron chi connectivity index (χ2n) is 4.62. The minimum absolute atomic E-state index is 0.366. The number of piperidine rings is 1. The summed E-state index contributed by atoms with van der Waals surface area (Å²) in [7, 11) is 0. The predicted octanol–water partition coefficient (Wildman–Crippen LogP) is 2.02. The lowest BCUT2D eigenvalue weighted by atomic mass is 9.74. The van der Waals surface area contributed by atoms with Gasteiger partial charge in [0.1, 0.15) is 6.61 Å². The number of hydrogen-bond acceptors (Lipinski definition) is 2. The van der Waals surface area contributed by atoms with Gasteiger partial charge in [-0.1, -0.05) is 6.58 Å². The van der Waals surface area contributed by atoms with Gasteiger partial charge in [-0.25, -0.2) is 0 Å². The fourth-order valence-corrected chi connectivity index (χ4v) is 2.27. The first-order valence-electron chi connectivity index (χ1n) is 5.20. The molecule has 2 heterocycles. The zero-order valence-corrected chi connectivity index (χ0v) is 8.68. The van der Waals surface area contributed by atoms with Crippen LogP contribution in [0.1, 0.15) is 26.7 Å². The van der Waals surface area contributed by atoms with Crippen molar-refractivity contribution in [1.82, 2.24) is 4.90 Å². The van der Waals surface area contributed by atoms with Gasteiger partial charge >= 0.3 is 0 Å². The summed E-state index contributed by atoms with van der Waals surface area (Å²) in [6, 6.07) is 0.687. The summed E-state index contributed by atoms with van der Waals surface area (Å²) < 4.78 is 5.31. The van der Waals surface area contributed by atoms with Crippen LogP contribution in [-0.2, 0) is 4.74 Å². The largest absolute Gasteiger partial charge is 0.497 e. The van der Waals surface area contributed by atoms with E-state index in [0.717, 1.165) is 12.4 Å². The molecular weight excluding hydrogens is 162 g/mol. The molecule has 74 valence electrons. The highest BCUT2D eigenvalue weighted by Gasteiger charge is 2.45. The van der Waals surface area contributed by atoms with Gasteiger partial charge in [-0.05, 0) is 39.8 Å². The van der Waals surface area contributed by atoms with Gasteiger partial charge < -0.3 is 9.64 Å². The van der Waals surface area contributed by atoms with Gasteiger partial charge in [-0.3, -0.25) is 0 Å². The average Bonchev–Trinajstić information content (AvgIpc) is 2.15. The van der Waals surface area contributed by atoms with E-state index >= 15 is 0 Å². The predicted molar refractivity (Wildman–Crippen MR) is 53.5 cm³/mol. The van der Waals surface area contributed by atoms with E-state index in [-0.39, 0.29) is 0 Å². The van der Waals surface area contributed by atoms with Crippen molar-refractivity contribution in [3.05, 3.63) is 12.3 Å². The minimum Gasteiger partial charge on any atom is -0.497 e. The summed E-state index contributed by atoms with van der Waals surface area (Å²) >= 11 is 0. The van der Waals surface area contributed by atoms with Gasteiger partial charge in [0.15, 0.2) is 0 Å². The highest BCUT2D eigenvalue weighted by molar-refractivity contribution is 5.13. The number of likely N-dealkylation sites (tertiary alicyclic amines) is 1. The third-order valence-electron chi connectivity index (χ3n) is 3.60. The van der Waals surface area contributed by atoms with Gasteiger partial charge in [0.05, 0.1) is 11.2 Å². The van der Waals surface area contributed by atoms with Crippen LogP contribution in [0.5, 0.6) is 0 Å². The summed E-state index contributed by atoms with van der Waals surface area (Å²) in [5.74, 6) is 1.04. The van der Waals surface area contributed by atoms with E-state index in [2.05, 4.69) is 25.3 Å². The Balaban J connectivity index is 1.93. The molecule has 0 amide bonds. The van der Waals surface area contributed by atoms with Crippen LogP contribution in [0.2, 0.25) is 0 Å². The van der Waals surface area contributed by atoms with E-state index < -0.39 is 0 Å². The summed E-state index contributed by atoms with van der Waals surface area (Å²) in [6.07, 6.45) is 2.48. The maximum Gasteiger partial charge on any atom is 0.100 e. The molecule has 2 nitrogen and oxygen atoms in total. The Bertz CT molecular complexity index is 214. The Labute approximate surface area is 80.6 Å². The van der Waals surface area contributed by atoms with Crippen LogP contribution in [0.25, 0.3) is 0 Å². The molecule has 2 aliphatic rings. The molecule has 0 atom stereocenters. The second-order valence-corrected chi connectivity index (χ2v) is 4.62. The molecule has 2 heteroatoms. The van der Waals surface area contributed by atoms with Gasteiger partial charge in [0.25, 0.3) is 0 Å². The lowest BCUT2D eigenvalue weighted by molar-refractivity contribution is -0.0747. The molecule has 0 unspecified atom stereocenters. The minimum atomic E-state index is 0.366. The Morgan fingerprint density at radius 1 is 1.38 bits per heavy atom. The van der Waals surface area contributed by atoms with Crippen molar-refractivity contribution in [1.29, 1.82) is 0 Å². The first kappa shape index (κ1) is 9.07. The van der Waals surface area contributed by atoms with Gasteiger partial charge in [-0.15, -0.1) is 0 Å². The van der Waals surface area contributed by atoms with Crippen molar-refractivity contribution in [2.24, 2.45) is 5.41 Å². The molecule has 0 N–H and O–H groups in total. The molecule has 2 saturated heterocycles. The zero-order chi connectivity index (χ0) is 9.47. The standard InChI is InChI=1S/C11H19NO/c1-9(2)12-6-4-11(5-7-12)8-13-10(11)3/h9H,3-8H2,1-2H3. The topological polar surface area (TPSA) is 12.5 Å². The lowest BCUT2D eigenvalue weighted by Gasteiger charge is -2.49. The SMILES string of the molecule is C=C1OCC12CCN(C(C)C)CC2. The Morgan fingerprint density at radius 3 is 2.31 bits per heavy atom. The molecule has 0 bridgehead atoms. The van der Waals surface area contributed by atoms with Crippen LogP contribution in [0.4, 0.5) is 0 Å². The van der Waals surface area contributed by atoms with Crippen molar-refractivity contribution in [3.63, 3.8) is 0 Å². The van der Waals surface area contributed by atoms with Crippen LogP contribution in [0.3, 0.4) is 0 Å². The summed E-state index contributed by atoms with van der Waals surface area (Å²) in [5.41, 5.74) is 0.366. The average molecular weight is 181 g/mol. The third kappa shape index (κ3) is 1.37. The van der Waals surface area contributed by atoms with Gasteiger partial charge in [0.2, 0.25) is 0 Å². The van der Waals surface area contributed by atoms with Crippen molar-refractivity contribution in [2.45, 2.75) is 32.7 Å². The smallest absolute Gasteiger partial charge is 0.100 e. The Kier molecular flexibility index (Phi) is 2.11. The maximum atomic E-state index is 5.31.